The molecular weight excluding hydrogens is 402 g/mol. The Morgan fingerprint density at radius 1 is 1.10 bits per heavy atom. The highest BCUT2D eigenvalue weighted by Crippen LogP contribution is 2.36. The maximum Gasteiger partial charge on any atom is 0.264 e. The molecule has 1 atom stereocenters. The van der Waals surface area contributed by atoms with Gasteiger partial charge in [-0.25, -0.2) is 8.42 Å². The number of benzene rings is 2. The van der Waals surface area contributed by atoms with Gasteiger partial charge in [0.15, 0.2) is 6.10 Å². The van der Waals surface area contributed by atoms with Crippen LogP contribution in [0.2, 0.25) is 0 Å². The van der Waals surface area contributed by atoms with E-state index >= 15 is 0 Å². The first kappa shape index (κ1) is 19.9. The van der Waals surface area contributed by atoms with E-state index in [1.54, 1.807) is 66.9 Å². The number of fused-ring (bicyclic) bond motifs is 1. The van der Waals surface area contributed by atoms with Crippen molar-refractivity contribution in [2.75, 3.05) is 10.8 Å². The number of nitrogens with zero attached hydrogens (tertiary/aromatic N) is 2. The number of sulfonamides is 1. The molecule has 30 heavy (non-hydrogen) atoms. The number of rotatable bonds is 5. The van der Waals surface area contributed by atoms with Gasteiger partial charge in [-0.3, -0.25) is 14.1 Å². The number of carbonyl (C=O) groups excluding carboxylic acids is 1. The number of hydrogen-bond acceptors (Lipinski definition) is 5. The quantitative estimate of drug-likeness (QED) is 0.682. The van der Waals surface area contributed by atoms with Crippen LogP contribution in [-0.4, -0.2) is 32.0 Å². The monoisotopic (exact) mass is 423 g/mol. The number of nitrogens with one attached hydrogen (secondary N) is 1. The summed E-state index contributed by atoms with van der Waals surface area (Å²) >= 11 is 0. The van der Waals surface area contributed by atoms with Gasteiger partial charge in [-0.15, -0.1) is 0 Å². The van der Waals surface area contributed by atoms with Crippen LogP contribution in [0.4, 0.5) is 5.69 Å². The molecule has 3 aromatic rings. The molecule has 1 aliphatic heterocycles. The SMILES string of the molecule is Cc1ccc(S(=O)(=O)N2CC(C(=O)NCc3ccccn3)Oc3ccccc32)cc1. The molecule has 8 heteroatoms. The molecule has 154 valence electrons. The summed E-state index contributed by atoms with van der Waals surface area (Å²) < 4.78 is 33.7. The zero-order valence-electron chi connectivity index (χ0n) is 16.4. The fourth-order valence-electron chi connectivity index (χ4n) is 3.20. The average Bonchev–Trinajstić information content (AvgIpc) is 2.77. The summed E-state index contributed by atoms with van der Waals surface area (Å²) in [7, 11) is -3.86. The maximum atomic E-state index is 13.3. The van der Waals surface area contributed by atoms with E-state index in [-0.39, 0.29) is 18.0 Å². The van der Waals surface area contributed by atoms with Crippen LogP contribution in [0.15, 0.2) is 77.8 Å². The van der Waals surface area contributed by atoms with Crippen LogP contribution in [0, 0.1) is 6.92 Å². The number of anilines is 1. The molecule has 1 aliphatic rings. The van der Waals surface area contributed by atoms with Crippen molar-refractivity contribution in [1.29, 1.82) is 0 Å². The molecule has 1 amide bonds. The van der Waals surface area contributed by atoms with Crippen molar-refractivity contribution in [2.45, 2.75) is 24.5 Å². The fourth-order valence-corrected chi connectivity index (χ4v) is 4.67. The van der Waals surface area contributed by atoms with Gasteiger partial charge in [0.25, 0.3) is 15.9 Å². The first-order valence-electron chi connectivity index (χ1n) is 9.48. The molecule has 0 saturated carbocycles. The number of ether oxygens (including phenoxy) is 1. The molecule has 0 saturated heterocycles. The normalized spacial score (nSPS) is 15.8. The lowest BCUT2D eigenvalue weighted by Gasteiger charge is -2.34. The number of para-hydroxylation sites is 2. The number of amides is 1. The van der Waals surface area contributed by atoms with E-state index in [4.69, 9.17) is 4.74 Å². The van der Waals surface area contributed by atoms with E-state index in [2.05, 4.69) is 10.3 Å². The molecule has 2 heterocycles. The van der Waals surface area contributed by atoms with Gasteiger partial charge in [0.05, 0.1) is 29.4 Å². The predicted molar refractivity (Wildman–Crippen MR) is 113 cm³/mol. The molecule has 1 aromatic heterocycles. The Morgan fingerprint density at radius 2 is 1.83 bits per heavy atom. The van der Waals surface area contributed by atoms with Crippen LogP contribution in [0.25, 0.3) is 0 Å². The van der Waals surface area contributed by atoms with Crippen LogP contribution in [-0.2, 0) is 21.4 Å². The van der Waals surface area contributed by atoms with Gasteiger partial charge in [-0.2, -0.15) is 0 Å². The molecule has 1 N–H and O–H groups in total. The van der Waals surface area contributed by atoms with Gasteiger partial charge in [-0.05, 0) is 43.3 Å². The summed E-state index contributed by atoms with van der Waals surface area (Å²) in [5.41, 5.74) is 2.07. The average molecular weight is 423 g/mol. The second-order valence-corrected chi connectivity index (χ2v) is 8.82. The second kappa shape index (κ2) is 8.16. The predicted octanol–water partition coefficient (Wildman–Crippen LogP) is 2.66. The number of aryl methyl sites for hydroxylation is 1. The summed E-state index contributed by atoms with van der Waals surface area (Å²) in [5.74, 6) is -0.0586. The van der Waals surface area contributed by atoms with Crippen molar-refractivity contribution < 1.29 is 17.9 Å². The van der Waals surface area contributed by atoms with Crippen LogP contribution >= 0.6 is 0 Å². The second-order valence-electron chi connectivity index (χ2n) is 6.96. The third-order valence-electron chi connectivity index (χ3n) is 4.81. The summed E-state index contributed by atoms with van der Waals surface area (Å²) in [5, 5.41) is 2.77. The van der Waals surface area contributed by atoms with E-state index in [1.807, 2.05) is 13.0 Å². The molecule has 0 bridgehead atoms. The van der Waals surface area contributed by atoms with E-state index < -0.39 is 22.0 Å². The highest BCUT2D eigenvalue weighted by Gasteiger charge is 2.37. The number of aromatic nitrogens is 1. The molecular formula is C22H21N3O4S. The van der Waals surface area contributed by atoms with Crippen molar-refractivity contribution in [3.05, 3.63) is 84.2 Å². The molecule has 0 spiro atoms. The van der Waals surface area contributed by atoms with E-state index in [0.717, 1.165) is 5.56 Å². The summed E-state index contributed by atoms with van der Waals surface area (Å²) in [6.07, 6.45) is 0.661. The number of carbonyl (C=O) groups is 1. The lowest BCUT2D eigenvalue weighted by atomic mass is 10.2. The topological polar surface area (TPSA) is 88.6 Å². The van der Waals surface area contributed by atoms with Gasteiger partial charge in [0.1, 0.15) is 5.75 Å². The van der Waals surface area contributed by atoms with Crippen LogP contribution in [0.1, 0.15) is 11.3 Å². The third kappa shape index (κ3) is 3.99. The van der Waals surface area contributed by atoms with Crippen LogP contribution in [0.5, 0.6) is 5.75 Å². The largest absolute Gasteiger partial charge is 0.476 e. The summed E-state index contributed by atoms with van der Waals surface area (Å²) in [6.45, 7) is 2.00. The molecule has 7 nitrogen and oxygen atoms in total. The van der Waals surface area contributed by atoms with Gasteiger partial charge in [0.2, 0.25) is 0 Å². The van der Waals surface area contributed by atoms with Gasteiger partial charge >= 0.3 is 0 Å². The maximum absolute atomic E-state index is 13.3. The highest BCUT2D eigenvalue weighted by atomic mass is 32.2. The minimum Gasteiger partial charge on any atom is -0.476 e. The van der Waals surface area contributed by atoms with E-state index in [9.17, 15) is 13.2 Å². The van der Waals surface area contributed by atoms with E-state index in [0.29, 0.717) is 17.1 Å². The van der Waals surface area contributed by atoms with Crippen molar-refractivity contribution >= 4 is 21.6 Å². The fraction of sp³-hybridized carbons (Fsp3) is 0.182. The molecule has 0 aliphatic carbocycles. The van der Waals surface area contributed by atoms with Crippen molar-refractivity contribution in [3.63, 3.8) is 0 Å². The van der Waals surface area contributed by atoms with Crippen LogP contribution < -0.4 is 14.4 Å². The number of pyridine rings is 1. The lowest BCUT2D eigenvalue weighted by Crippen LogP contribution is -2.50. The first-order valence-corrected chi connectivity index (χ1v) is 10.9. The minimum absolute atomic E-state index is 0.124. The van der Waals surface area contributed by atoms with Crippen molar-refractivity contribution in [3.8, 4) is 5.75 Å². The van der Waals surface area contributed by atoms with Gasteiger partial charge < -0.3 is 10.1 Å². The Balaban J connectivity index is 1.60. The standard InChI is InChI=1S/C22H21N3O4S/c1-16-9-11-18(12-10-16)30(27,28)25-15-21(29-20-8-3-2-7-19(20)25)22(26)24-14-17-6-4-5-13-23-17/h2-13,21H,14-15H2,1H3,(H,24,26). The number of hydrogen-bond donors (Lipinski definition) is 1. The zero-order chi connectivity index (χ0) is 21.1. The van der Waals surface area contributed by atoms with E-state index in [1.165, 1.54) is 4.31 Å². The summed E-state index contributed by atoms with van der Waals surface area (Å²) in [6, 6.07) is 18.9. The molecule has 0 fully saturated rings. The first-order chi connectivity index (χ1) is 14.4. The Labute approximate surface area is 175 Å². The van der Waals surface area contributed by atoms with Crippen molar-refractivity contribution in [1.82, 2.24) is 10.3 Å². The third-order valence-corrected chi connectivity index (χ3v) is 6.60. The van der Waals surface area contributed by atoms with Crippen molar-refractivity contribution in [2.24, 2.45) is 0 Å². The minimum atomic E-state index is -3.86. The molecule has 1 unspecified atom stereocenters. The smallest absolute Gasteiger partial charge is 0.264 e. The lowest BCUT2D eigenvalue weighted by molar-refractivity contribution is -0.127. The zero-order valence-corrected chi connectivity index (χ0v) is 17.2. The Kier molecular flexibility index (Phi) is 5.41. The summed E-state index contributed by atoms with van der Waals surface area (Å²) in [4.78, 5) is 17.1. The molecule has 2 aromatic carbocycles. The molecule has 0 radical (unpaired) electrons. The Bertz CT molecular complexity index is 1150. The van der Waals surface area contributed by atoms with Gasteiger partial charge in [-0.1, -0.05) is 35.9 Å². The molecule has 4 rings (SSSR count). The Hall–Kier alpha value is -3.39. The highest BCUT2D eigenvalue weighted by molar-refractivity contribution is 7.92. The Morgan fingerprint density at radius 3 is 2.57 bits per heavy atom. The van der Waals surface area contributed by atoms with Crippen LogP contribution in [0.3, 0.4) is 0 Å². The van der Waals surface area contributed by atoms with Gasteiger partial charge in [0, 0.05) is 6.20 Å².